The van der Waals surface area contributed by atoms with E-state index in [1.165, 1.54) is 22.2 Å². The molecule has 1 amide bonds. The van der Waals surface area contributed by atoms with Crippen molar-refractivity contribution in [2.24, 2.45) is 5.92 Å². The second-order valence-electron chi connectivity index (χ2n) is 7.96. The Morgan fingerprint density at radius 2 is 1.94 bits per heavy atom. The van der Waals surface area contributed by atoms with Crippen LogP contribution in [0.5, 0.6) is 0 Å². The summed E-state index contributed by atoms with van der Waals surface area (Å²) < 4.78 is 54.0. The molecule has 0 fully saturated rings. The van der Waals surface area contributed by atoms with E-state index >= 15 is 0 Å². The summed E-state index contributed by atoms with van der Waals surface area (Å²) in [6.45, 7) is 3.41. The summed E-state index contributed by atoms with van der Waals surface area (Å²) in [5.74, 6) is -3.33. The zero-order valence-electron chi connectivity index (χ0n) is 18.1. The number of aliphatic hydroxyl groups is 1. The van der Waals surface area contributed by atoms with Crippen molar-refractivity contribution < 1.29 is 37.4 Å². The van der Waals surface area contributed by atoms with Crippen LogP contribution >= 0.6 is 11.3 Å². The standard InChI is InChI=1S/C22H21F4N3O4S/c1-11(2)19(32)13-6-17(20(33)28-21-27-14(10-34-21)7-18(30)31)29(9-13)8-12-3-4-15(16(23)5-12)22(24,25)26/h3-6,9-11,19,32H,7-8H2,1-2H3,(H,30,31)(H,27,28,33). The number of anilines is 1. The zero-order valence-corrected chi connectivity index (χ0v) is 18.9. The Bertz CT molecular complexity index is 1200. The van der Waals surface area contributed by atoms with E-state index in [9.17, 15) is 32.3 Å². The molecule has 1 unspecified atom stereocenters. The van der Waals surface area contributed by atoms with E-state index in [-0.39, 0.29) is 41.0 Å². The van der Waals surface area contributed by atoms with Crippen LogP contribution < -0.4 is 5.32 Å². The Balaban J connectivity index is 1.90. The van der Waals surface area contributed by atoms with E-state index < -0.39 is 35.5 Å². The number of aliphatic carboxylic acids is 1. The average molecular weight is 499 g/mol. The molecular weight excluding hydrogens is 478 g/mol. The molecule has 12 heteroatoms. The van der Waals surface area contributed by atoms with Crippen molar-refractivity contribution in [3.63, 3.8) is 0 Å². The number of carbonyl (C=O) groups is 2. The minimum Gasteiger partial charge on any atom is -0.481 e. The normalized spacial score (nSPS) is 12.7. The third kappa shape index (κ3) is 6.00. The molecule has 0 saturated carbocycles. The number of halogens is 4. The van der Waals surface area contributed by atoms with Gasteiger partial charge in [-0.2, -0.15) is 13.2 Å². The maximum Gasteiger partial charge on any atom is 0.419 e. The lowest BCUT2D eigenvalue weighted by Crippen LogP contribution is -2.17. The Hall–Kier alpha value is -3.25. The van der Waals surface area contributed by atoms with Crippen LogP contribution in [0.2, 0.25) is 0 Å². The molecule has 0 bridgehead atoms. The molecule has 3 N–H and O–H groups in total. The van der Waals surface area contributed by atoms with Crippen LogP contribution in [0, 0.1) is 11.7 Å². The highest BCUT2D eigenvalue weighted by Gasteiger charge is 2.34. The van der Waals surface area contributed by atoms with Gasteiger partial charge in [-0.3, -0.25) is 14.9 Å². The van der Waals surface area contributed by atoms with Gasteiger partial charge in [0.2, 0.25) is 0 Å². The molecule has 2 heterocycles. The van der Waals surface area contributed by atoms with Gasteiger partial charge in [0.05, 0.1) is 23.8 Å². The van der Waals surface area contributed by atoms with Gasteiger partial charge in [-0.1, -0.05) is 19.9 Å². The molecule has 1 aromatic carbocycles. The number of benzene rings is 1. The average Bonchev–Trinajstić information content (AvgIpc) is 3.32. The molecule has 0 aliphatic carbocycles. The monoisotopic (exact) mass is 499 g/mol. The van der Waals surface area contributed by atoms with Gasteiger partial charge < -0.3 is 14.8 Å². The number of hydrogen-bond donors (Lipinski definition) is 3. The van der Waals surface area contributed by atoms with Crippen LogP contribution in [0.25, 0.3) is 0 Å². The highest BCUT2D eigenvalue weighted by molar-refractivity contribution is 7.14. The minimum absolute atomic E-state index is 0.0602. The van der Waals surface area contributed by atoms with Crippen LogP contribution in [-0.2, 0) is 23.9 Å². The third-order valence-electron chi connectivity index (χ3n) is 4.92. The van der Waals surface area contributed by atoms with E-state index in [1.807, 2.05) is 0 Å². The summed E-state index contributed by atoms with van der Waals surface area (Å²) in [5, 5.41) is 23.5. The number of amides is 1. The summed E-state index contributed by atoms with van der Waals surface area (Å²) in [6.07, 6.45) is -4.58. The molecule has 182 valence electrons. The van der Waals surface area contributed by atoms with E-state index in [0.29, 0.717) is 11.6 Å². The Kier molecular flexibility index (Phi) is 7.41. The van der Waals surface area contributed by atoms with Crippen molar-refractivity contribution in [1.29, 1.82) is 0 Å². The molecule has 0 saturated heterocycles. The van der Waals surface area contributed by atoms with E-state index in [2.05, 4.69) is 10.3 Å². The molecule has 0 aliphatic rings. The first-order chi connectivity index (χ1) is 15.8. The number of carbonyl (C=O) groups excluding carboxylic acids is 1. The van der Waals surface area contributed by atoms with Crippen molar-refractivity contribution in [3.8, 4) is 0 Å². The molecule has 3 rings (SSSR count). The number of thiazole rings is 1. The lowest BCUT2D eigenvalue weighted by molar-refractivity contribution is -0.140. The minimum atomic E-state index is -4.83. The zero-order chi connectivity index (χ0) is 25.2. The van der Waals surface area contributed by atoms with E-state index in [1.54, 1.807) is 13.8 Å². The Labute approximate surface area is 195 Å². The molecular formula is C22H21F4N3O4S. The second-order valence-corrected chi connectivity index (χ2v) is 8.81. The molecule has 0 radical (unpaired) electrons. The van der Waals surface area contributed by atoms with Gasteiger partial charge >= 0.3 is 12.1 Å². The number of aromatic nitrogens is 2. The molecule has 34 heavy (non-hydrogen) atoms. The van der Waals surface area contributed by atoms with Gasteiger partial charge in [0.25, 0.3) is 5.91 Å². The molecule has 0 aliphatic heterocycles. The van der Waals surface area contributed by atoms with Gasteiger partial charge in [-0.15, -0.1) is 11.3 Å². The Morgan fingerprint density at radius 1 is 1.24 bits per heavy atom. The van der Waals surface area contributed by atoms with Crippen molar-refractivity contribution in [2.45, 2.75) is 39.1 Å². The fraction of sp³-hybridized carbons (Fsp3) is 0.318. The summed E-state index contributed by atoms with van der Waals surface area (Å²) in [6, 6.07) is 3.94. The number of carboxylic acid groups (broad SMARTS) is 1. The van der Waals surface area contributed by atoms with Crippen LogP contribution in [-0.4, -0.2) is 31.6 Å². The maximum absolute atomic E-state index is 14.0. The predicted molar refractivity (Wildman–Crippen MR) is 116 cm³/mol. The van der Waals surface area contributed by atoms with Crippen molar-refractivity contribution >= 4 is 28.3 Å². The smallest absolute Gasteiger partial charge is 0.419 e. The number of nitrogens with one attached hydrogen (secondary N) is 1. The van der Waals surface area contributed by atoms with Crippen LogP contribution in [0.3, 0.4) is 0 Å². The largest absolute Gasteiger partial charge is 0.481 e. The number of carboxylic acids is 1. The molecule has 0 spiro atoms. The van der Waals surface area contributed by atoms with Gasteiger partial charge in [-0.05, 0) is 35.2 Å². The molecule has 2 aromatic heterocycles. The second kappa shape index (κ2) is 9.94. The SMILES string of the molecule is CC(C)C(O)c1cc(C(=O)Nc2nc(CC(=O)O)cs2)n(Cc2ccc(C(F)(F)F)c(F)c2)c1. The first kappa shape index (κ1) is 25.4. The van der Waals surface area contributed by atoms with Crippen molar-refractivity contribution in [1.82, 2.24) is 9.55 Å². The maximum atomic E-state index is 14.0. The number of hydrogen-bond acceptors (Lipinski definition) is 5. The van der Waals surface area contributed by atoms with Gasteiger partial charge in [0, 0.05) is 18.1 Å². The van der Waals surface area contributed by atoms with E-state index in [4.69, 9.17) is 5.11 Å². The molecule has 3 aromatic rings. The predicted octanol–water partition coefficient (Wildman–Crippen LogP) is 4.72. The van der Waals surface area contributed by atoms with Crippen LogP contribution in [0.4, 0.5) is 22.7 Å². The number of nitrogens with zero attached hydrogens (tertiary/aromatic N) is 2. The van der Waals surface area contributed by atoms with Gasteiger partial charge in [-0.25, -0.2) is 9.37 Å². The Morgan fingerprint density at radius 3 is 2.53 bits per heavy atom. The highest BCUT2D eigenvalue weighted by atomic mass is 32.1. The third-order valence-corrected chi connectivity index (χ3v) is 5.73. The number of alkyl halides is 3. The first-order valence-corrected chi connectivity index (χ1v) is 10.9. The fourth-order valence-electron chi connectivity index (χ4n) is 3.25. The van der Waals surface area contributed by atoms with E-state index in [0.717, 1.165) is 23.5 Å². The first-order valence-electron chi connectivity index (χ1n) is 10.1. The van der Waals surface area contributed by atoms with Crippen molar-refractivity contribution in [3.05, 3.63) is 69.7 Å². The van der Waals surface area contributed by atoms with Crippen molar-refractivity contribution in [2.75, 3.05) is 5.32 Å². The van der Waals surface area contributed by atoms with Gasteiger partial charge in [0.1, 0.15) is 11.5 Å². The lowest BCUT2D eigenvalue weighted by atomic mass is 10.0. The van der Waals surface area contributed by atoms with Crippen LogP contribution in [0.1, 0.15) is 52.8 Å². The summed E-state index contributed by atoms with van der Waals surface area (Å²) in [5.41, 5.74) is -0.486. The van der Waals surface area contributed by atoms with Crippen LogP contribution in [0.15, 0.2) is 35.8 Å². The number of rotatable bonds is 8. The lowest BCUT2D eigenvalue weighted by Gasteiger charge is -2.13. The summed E-state index contributed by atoms with van der Waals surface area (Å²) in [4.78, 5) is 27.8. The summed E-state index contributed by atoms with van der Waals surface area (Å²) in [7, 11) is 0. The van der Waals surface area contributed by atoms with Gasteiger partial charge in [0.15, 0.2) is 5.13 Å². The summed E-state index contributed by atoms with van der Waals surface area (Å²) >= 11 is 1.03. The fourth-order valence-corrected chi connectivity index (χ4v) is 3.95. The molecule has 7 nitrogen and oxygen atoms in total. The highest BCUT2D eigenvalue weighted by Crippen LogP contribution is 2.32. The molecule has 1 atom stereocenters. The quantitative estimate of drug-likeness (QED) is 0.389. The topological polar surface area (TPSA) is 104 Å². The number of aliphatic hydroxyl groups excluding tert-OH is 1.